The molecule has 1 unspecified atom stereocenters. The quantitative estimate of drug-likeness (QED) is 0.290. The number of halogens is 1. The molecule has 0 saturated heterocycles. The van der Waals surface area contributed by atoms with Crippen LogP contribution in [0, 0.1) is 5.92 Å². The van der Waals surface area contributed by atoms with Crippen LogP contribution in [0.2, 0.25) is 0 Å². The molecule has 0 aliphatic rings. The monoisotopic (exact) mass is 387 g/mol. The summed E-state index contributed by atoms with van der Waals surface area (Å²) in [5.41, 5.74) is 0. The van der Waals surface area contributed by atoms with Crippen LogP contribution in [0.3, 0.4) is 0 Å². The maximum absolute atomic E-state index is 4.24. The molecule has 110 valence electrons. The molecule has 3 nitrogen and oxygen atoms in total. The second-order valence-corrected chi connectivity index (χ2v) is 5.85. The van der Waals surface area contributed by atoms with Gasteiger partial charge in [0.05, 0.1) is 0 Å². The Hall–Kier alpha value is 0.350. The SMILES string of the molecule is CN=C(NCCCSC)NC(C)CCC(C)C.I. The van der Waals surface area contributed by atoms with Gasteiger partial charge in [0.1, 0.15) is 0 Å². The minimum absolute atomic E-state index is 0. The zero-order valence-electron chi connectivity index (χ0n) is 12.5. The van der Waals surface area contributed by atoms with Gasteiger partial charge in [-0.15, -0.1) is 24.0 Å². The van der Waals surface area contributed by atoms with Crippen molar-refractivity contribution in [3.05, 3.63) is 0 Å². The molecule has 0 bridgehead atoms. The molecule has 0 aromatic carbocycles. The number of rotatable bonds is 8. The molecule has 0 aliphatic heterocycles. The predicted molar refractivity (Wildman–Crippen MR) is 96.4 cm³/mol. The molecule has 0 heterocycles. The van der Waals surface area contributed by atoms with Gasteiger partial charge in [-0.05, 0) is 44.1 Å². The topological polar surface area (TPSA) is 36.4 Å². The average molecular weight is 387 g/mol. The minimum atomic E-state index is 0. The van der Waals surface area contributed by atoms with Gasteiger partial charge in [-0.3, -0.25) is 4.99 Å². The van der Waals surface area contributed by atoms with Crippen molar-refractivity contribution in [1.82, 2.24) is 10.6 Å². The molecule has 0 saturated carbocycles. The van der Waals surface area contributed by atoms with Crippen LogP contribution in [0.5, 0.6) is 0 Å². The van der Waals surface area contributed by atoms with Gasteiger partial charge in [0.25, 0.3) is 0 Å². The van der Waals surface area contributed by atoms with Crippen molar-refractivity contribution in [2.45, 2.75) is 46.1 Å². The summed E-state index contributed by atoms with van der Waals surface area (Å²) >= 11 is 1.89. The van der Waals surface area contributed by atoms with Gasteiger partial charge in [0.15, 0.2) is 5.96 Å². The molecule has 1 atom stereocenters. The third-order valence-electron chi connectivity index (χ3n) is 2.60. The van der Waals surface area contributed by atoms with E-state index in [0.29, 0.717) is 6.04 Å². The Balaban J connectivity index is 0. The van der Waals surface area contributed by atoms with Gasteiger partial charge in [0.2, 0.25) is 0 Å². The lowest BCUT2D eigenvalue weighted by Crippen LogP contribution is -2.42. The minimum Gasteiger partial charge on any atom is -0.356 e. The van der Waals surface area contributed by atoms with Crippen molar-refractivity contribution in [3.63, 3.8) is 0 Å². The summed E-state index contributed by atoms with van der Waals surface area (Å²) in [6.45, 7) is 7.75. The molecule has 0 aliphatic carbocycles. The van der Waals surface area contributed by atoms with Gasteiger partial charge >= 0.3 is 0 Å². The lowest BCUT2D eigenvalue weighted by Gasteiger charge is -2.18. The summed E-state index contributed by atoms with van der Waals surface area (Å²) in [6.07, 6.45) is 5.78. The summed E-state index contributed by atoms with van der Waals surface area (Å²) in [6, 6.07) is 0.490. The molecule has 18 heavy (non-hydrogen) atoms. The van der Waals surface area contributed by atoms with E-state index in [1.165, 1.54) is 25.0 Å². The molecule has 0 aromatic rings. The number of thioether (sulfide) groups is 1. The summed E-state index contributed by atoms with van der Waals surface area (Å²) in [5, 5.41) is 6.78. The Labute approximate surface area is 134 Å². The molecule has 5 heteroatoms. The lowest BCUT2D eigenvalue weighted by atomic mass is 10.0. The fraction of sp³-hybridized carbons (Fsp3) is 0.923. The first-order valence-corrected chi connectivity index (χ1v) is 7.95. The van der Waals surface area contributed by atoms with Crippen LogP contribution >= 0.6 is 35.7 Å². The number of guanidine groups is 1. The van der Waals surface area contributed by atoms with Crippen molar-refractivity contribution >= 4 is 41.7 Å². The van der Waals surface area contributed by atoms with Crippen LogP contribution in [0.25, 0.3) is 0 Å². The van der Waals surface area contributed by atoms with E-state index in [0.717, 1.165) is 18.4 Å². The van der Waals surface area contributed by atoms with Crippen molar-refractivity contribution in [1.29, 1.82) is 0 Å². The third-order valence-corrected chi connectivity index (χ3v) is 3.30. The van der Waals surface area contributed by atoms with E-state index in [4.69, 9.17) is 0 Å². The standard InChI is InChI=1S/C13H29N3S.HI/c1-11(2)7-8-12(3)16-13(14-4)15-9-6-10-17-5;/h11-12H,6-10H2,1-5H3,(H2,14,15,16);1H. The van der Waals surface area contributed by atoms with Crippen LogP contribution in [0.4, 0.5) is 0 Å². The van der Waals surface area contributed by atoms with E-state index in [2.05, 4.69) is 42.7 Å². The molecule has 0 aromatic heterocycles. The van der Waals surface area contributed by atoms with Crippen molar-refractivity contribution in [2.75, 3.05) is 25.6 Å². The summed E-state index contributed by atoms with van der Waals surface area (Å²) in [4.78, 5) is 4.24. The lowest BCUT2D eigenvalue weighted by molar-refractivity contribution is 0.489. The zero-order valence-corrected chi connectivity index (χ0v) is 15.6. The van der Waals surface area contributed by atoms with Crippen LogP contribution in [-0.4, -0.2) is 37.6 Å². The second kappa shape index (κ2) is 13.8. The fourth-order valence-corrected chi connectivity index (χ4v) is 1.94. The number of nitrogens with zero attached hydrogens (tertiary/aromatic N) is 1. The highest BCUT2D eigenvalue weighted by Gasteiger charge is 2.05. The molecular weight excluding hydrogens is 357 g/mol. The first-order valence-electron chi connectivity index (χ1n) is 6.56. The molecular formula is C13H30IN3S. The van der Waals surface area contributed by atoms with Crippen molar-refractivity contribution in [3.8, 4) is 0 Å². The van der Waals surface area contributed by atoms with E-state index in [9.17, 15) is 0 Å². The summed E-state index contributed by atoms with van der Waals surface area (Å²) in [5.74, 6) is 2.91. The molecule has 0 amide bonds. The Morgan fingerprint density at radius 2 is 1.89 bits per heavy atom. The van der Waals surface area contributed by atoms with E-state index >= 15 is 0 Å². The highest BCUT2D eigenvalue weighted by Crippen LogP contribution is 2.06. The molecule has 0 radical (unpaired) electrons. The van der Waals surface area contributed by atoms with E-state index in [1.807, 2.05) is 18.8 Å². The van der Waals surface area contributed by atoms with Gasteiger partial charge in [-0.25, -0.2) is 0 Å². The van der Waals surface area contributed by atoms with Gasteiger partial charge < -0.3 is 10.6 Å². The van der Waals surface area contributed by atoms with E-state index < -0.39 is 0 Å². The smallest absolute Gasteiger partial charge is 0.191 e. The molecule has 0 spiro atoms. The summed E-state index contributed by atoms with van der Waals surface area (Å²) in [7, 11) is 1.83. The van der Waals surface area contributed by atoms with Crippen LogP contribution < -0.4 is 10.6 Å². The number of hydrogen-bond acceptors (Lipinski definition) is 2. The van der Waals surface area contributed by atoms with Gasteiger partial charge in [-0.2, -0.15) is 11.8 Å². The average Bonchev–Trinajstić information content (AvgIpc) is 2.30. The zero-order chi connectivity index (χ0) is 13.1. The summed E-state index contributed by atoms with van der Waals surface area (Å²) < 4.78 is 0. The normalized spacial score (nSPS) is 13.1. The molecule has 2 N–H and O–H groups in total. The third kappa shape index (κ3) is 12.8. The Kier molecular flexibility index (Phi) is 15.8. The first kappa shape index (κ1) is 20.7. The highest BCUT2D eigenvalue weighted by molar-refractivity contribution is 14.0. The second-order valence-electron chi connectivity index (χ2n) is 4.86. The predicted octanol–water partition coefficient (Wildman–Crippen LogP) is 3.35. The Morgan fingerprint density at radius 1 is 1.22 bits per heavy atom. The van der Waals surface area contributed by atoms with E-state index in [-0.39, 0.29) is 24.0 Å². The largest absolute Gasteiger partial charge is 0.356 e. The maximum Gasteiger partial charge on any atom is 0.191 e. The highest BCUT2D eigenvalue weighted by atomic mass is 127. The first-order chi connectivity index (χ1) is 8.10. The number of hydrogen-bond donors (Lipinski definition) is 2. The van der Waals surface area contributed by atoms with Crippen molar-refractivity contribution in [2.24, 2.45) is 10.9 Å². The van der Waals surface area contributed by atoms with Crippen LogP contribution in [0.15, 0.2) is 4.99 Å². The van der Waals surface area contributed by atoms with Gasteiger partial charge in [0, 0.05) is 19.6 Å². The maximum atomic E-state index is 4.24. The van der Waals surface area contributed by atoms with Crippen LogP contribution in [-0.2, 0) is 0 Å². The number of nitrogens with one attached hydrogen (secondary N) is 2. The molecule has 0 fully saturated rings. The van der Waals surface area contributed by atoms with E-state index in [1.54, 1.807) is 0 Å². The molecule has 0 rings (SSSR count). The number of aliphatic imine (C=N–C) groups is 1. The van der Waals surface area contributed by atoms with Crippen LogP contribution in [0.1, 0.15) is 40.0 Å². The van der Waals surface area contributed by atoms with Crippen molar-refractivity contribution < 1.29 is 0 Å². The Bertz CT molecular complexity index is 210. The van der Waals surface area contributed by atoms with Gasteiger partial charge in [-0.1, -0.05) is 13.8 Å². The Morgan fingerprint density at radius 3 is 2.39 bits per heavy atom. The fourth-order valence-electron chi connectivity index (χ4n) is 1.51.